The Morgan fingerprint density at radius 2 is 1.79 bits per heavy atom. The maximum absolute atomic E-state index is 13.5. The van der Waals surface area contributed by atoms with E-state index in [4.69, 9.17) is 11.6 Å². The van der Waals surface area contributed by atoms with Gasteiger partial charge in [0.05, 0.1) is 11.9 Å². The van der Waals surface area contributed by atoms with E-state index in [-0.39, 0.29) is 12.5 Å². The molecule has 34 heavy (non-hydrogen) atoms. The molecule has 2 amide bonds. The first-order valence-corrected chi connectivity index (χ1v) is 14.0. The fraction of sp³-hybridized carbons (Fsp3) is 0.417. The lowest BCUT2D eigenvalue weighted by Crippen LogP contribution is -2.51. The Labute approximate surface area is 215 Å². The normalized spacial score (nSPS) is 12.2. The quantitative estimate of drug-likeness (QED) is 0.402. The van der Waals surface area contributed by atoms with Gasteiger partial charge in [0.15, 0.2) is 0 Å². The summed E-state index contributed by atoms with van der Waals surface area (Å²) in [7, 11) is -3.79. The number of amides is 2. The number of carbonyl (C=O) groups excluding carboxylic acids is 2. The number of halogens is 2. The minimum Gasteiger partial charge on any atom is -0.354 e. The lowest BCUT2D eigenvalue weighted by Gasteiger charge is -2.32. The van der Waals surface area contributed by atoms with Crippen LogP contribution in [0, 0.1) is 6.92 Å². The third kappa shape index (κ3) is 7.99. The maximum Gasteiger partial charge on any atom is 0.244 e. The van der Waals surface area contributed by atoms with Crippen molar-refractivity contribution in [1.82, 2.24) is 10.2 Å². The van der Waals surface area contributed by atoms with Gasteiger partial charge in [-0.1, -0.05) is 53.0 Å². The van der Waals surface area contributed by atoms with Crippen molar-refractivity contribution < 1.29 is 18.0 Å². The van der Waals surface area contributed by atoms with Gasteiger partial charge in [0.2, 0.25) is 21.8 Å². The Hall–Kier alpha value is -2.10. The molecule has 10 heteroatoms. The molecule has 0 aliphatic rings. The first-order valence-electron chi connectivity index (χ1n) is 11.0. The minimum absolute atomic E-state index is 0.158. The van der Waals surface area contributed by atoms with Crippen LogP contribution in [0.4, 0.5) is 5.69 Å². The van der Waals surface area contributed by atoms with E-state index < -0.39 is 28.5 Å². The lowest BCUT2D eigenvalue weighted by atomic mass is 10.1. The van der Waals surface area contributed by atoms with Gasteiger partial charge in [-0.25, -0.2) is 8.42 Å². The second kappa shape index (κ2) is 12.6. The average molecular weight is 573 g/mol. The van der Waals surface area contributed by atoms with Crippen molar-refractivity contribution in [2.75, 3.05) is 23.7 Å². The van der Waals surface area contributed by atoms with Crippen molar-refractivity contribution >= 4 is 55.1 Å². The molecule has 0 spiro atoms. The fourth-order valence-electron chi connectivity index (χ4n) is 3.40. The summed E-state index contributed by atoms with van der Waals surface area (Å²) in [5, 5.41) is 3.33. The number of nitrogens with one attached hydrogen (secondary N) is 1. The third-order valence-electron chi connectivity index (χ3n) is 5.37. The molecule has 186 valence electrons. The zero-order valence-electron chi connectivity index (χ0n) is 19.8. The summed E-state index contributed by atoms with van der Waals surface area (Å²) in [5.74, 6) is -0.770. The summed E-state index contributed by atoms with van der Waals surface area (Å²) in [4.78, 5) is 27.7. The van der Waals surface area contributed by atoms with E-state index in [2.05, 4.69) is 21.2 Å². The second-order valence-corrected chi connectivity index (χ2v) is 11.4. The van der Waals surface area contributed by atoms with E-state index in [1.165, 1.54) is 4.90 Å². The SMILES string of the molecule is CCCCNC(=O)[C@@H](C)N(Cc1ccc(Br)cc1)C(=O)CN(c1ccc(Cl)cc1C)S(C)(=O)=O. The van der Waals surface area contributed by atoms with Crippen LogP contribution >= 0.6 is 27.5 Å². The van der Waals surface area contributed by atoms with E-state index in [1.807, 2.05) is 31.2 Å². The molecule has 0 aliphatic carbocycles. The Morgan fingerprint density at radius 3 is 2.35 bits per heavy atom. The van der Waals surface area contributed by atoms with Gasteiger partial charge >= 0.3 is 0 Å². The standard InChI is InChI=1S/C24H31BrClN3O4S/c1-5-6-13-27-24(31)18(3)28(15-19-7-9-20(25)10-8-19)23(30)16-29(34(4,32)33)22-12-11-21(26)14-17(22)2/h7-12,14,18H,5-6,13,15-16H2,1-4H3,(H,27,31)/t18-/m1/s1. The first kappa shape index (κ1) is 28.1. The van der Waals surface area contributed by atoms with Crippen LogP contribution in [0.25, 0.3) is 0 Å². The smallest absolute Gasteiger partial charge is 0.244 e. The highest BCUT2D eigenvalue weighted by atomic mass is 79.9. The summed E-state index contributed by atoms with van der Waals surface area (Å²) in [6, 6.07) is 11.4. The Balaban J connectivity index is 2.37. The van der Waals surface area contributed by atoms with Crippen molar-refractivity contribution in [3.05, 3.63) is 63.1 Å². The molecule has 7 nitrogen and oxygen atoms in total. The molecule has 0 radical (unpaired) electrons. The number of hydrogen-bond donors (Lipinski definition) is 1. The van der Waals surface area contributed by atoms with Crippen LogP contribution in [-0.2, 0) is 26.2 Å². The van der Waals surface area contributed by atoms with Crippen LogP contribution in [0.2, 0.25) is 5.02 Å². The zero-order chi connectivity index (χ0) is 25.5. The van der Waals surface area contributed by atoms with Crippen LogP contribution in [0.1, 0.15) is 37.8 Å². The number of rotatable bonds is 11. The van der Waals surface area contributed by atoms with Gasteiger partial charge in [-0.3, -0.25) is 13.9 Å². The first-order chi connectivity index (χ1) is 15.9. The summed E-state index contributed by atoms with van der Waals surface area (Å²) in [5.41, 5.74) is 1.80. The molecule has 2 aromatic rings. The molecule has 1 N–H and O–H groups in total. The van der Waals surface area contributed by atoms with Gasteiger partial charge in [0, 0.05) is 22.6 Å². The van der Waals surface area contributed by atoms with E-state index >= 15 is 0 Å². The second-order valence-electron chi connectivity index (χ2n) is 8.17. The molecule has 2 aromatic carbocycles. The van der Waals surface area contributed by atoms with Gasteiger partial charge in [-0.15, -0.1) is 0 Å². The van der Waals surface area contributed by atoms with Gasteiger partial charge < -0.3 is 10.2 Å². The largest absolute Gasteiger partial charge is 0.354 e. The molecule has 0 saturated heterocycles. The van der Waals surface area contributed by atoms with Crippen LogP contribution in [0.15, 0.2) is 46.9 Å². The topological polar surface area (TPSA) is 86.8 Å². The highest BCUT2D eigenvalue weighted by molar-refractivity contribution is 9.10. The monoisotopic (exact) mass is 571 g/mol. The highest BCUT2D eigenvalue weighted by Crippen LogP contribution is 2.26. The molecule has 1 atom stereocenters. The number of anilines is 1. The molecule has 0 unspecified atom stereocenters. The van der Waals surface area contributed by atoms with Crippen molar-refractivity contribution in [1.29, 1.82) is 0 Å². The number of aryl methyl sites for hydroxylation is 1. The predicted octanol–water partition coefficient (Wildman–Crippen LogP) is 4.51. The molecule has 0 heterocycles. The Morgan fingerprint density at radius 1 is 1.15 bits per heavy atom. The van der Waals surface area contributed by atoms with Gasteiger partial charge in [0.1, 0.15) is 12.6 Å². The van der Waals surface area contributed by atoms with Crippen molar-refractivity contribution in [2.45, 2.75) is 46.2 Å². The molecular formula is C24H31BrClN3O4S. The minimum atomic E-state index is -3.79. The molecule has 0 fully saturated rings. The Bertz CT molecular complexity index is 1110. The maximum atomic E-state index is 13.5. The van der Waals surface area contributed by atoms with Crippen LogP contribution in [0.5, 0.6) is 0 Å². The molecule has 2 rings (SSSR count). The molecule has 0 aliphatic heterocycles. The number of carbonyl (C=O) groups is 2. The number of hydrogen-bond acceptors (Lipinski definition) is 4. The number of sulfonamides is 1. The predicted molar refractivity (Wildman–Crippen MR) is 140 cm³/mol. The Kier molecular flexibility index (Phi) is 10.4. The number of nitrogens with zero attached hydrogens (tertiary/aromatic N) is 2. The van der Waals surface area contributed by atoms with Crippen molar-refractivity contribution in [3.8, 4) is 0 Å². The summed E-state index contributed by atoms with van der Waals surface area (Å²) in [6.07, 6.45) is 2.81. The van der Waals surface area contributed by atoms with Crippen molar-refractivity contribution in [2.24, 2.45) is 0 Å². The van der Waals surface area contributed by atoms with Crippen LogP contribution in [0.3, 0.4) is 0 Å². The molecule has 0 saturated carbocycles. The third-order valence-corrected chi connectivity index (χ3v) is 7.26. The summed E-state index contributed by atoms with van der Waals surface area (Å²) in [6.45, 7) is 5.64. The fourth-order valence-corrected chi connectivity index (χ4v) is 4.80. The van der Waals surface area contributed by atoms with E-state index in [0.29, 0.717) is 22.8 Å². The summed E-state index contributed by atoms with van der Waals surface area (Å²) >= 11 is 9.42. The van der Waals surface area contributed by atoms with E-state index in [1.54, 1.807) is 32.0 Å². The summed E-state index contributed by atoms with van der Waals surface area (Å²) < 4.78 is 27.2. The van der Waals surface area contributed by atoms with E-state index in [9.17, 15) is 18.0 Å². The van der Waals surface area contributed by atoms with Gasteiger partial charge in [-0.2, -0.15) is 0 Å². The number of unbranched alkanes of at least 4 members (excludes halogenated alkanes) is 1. The highest BCUT2D eigenvalue weighted by Gasteiger charge is 2.30. The van der Waals surface area contributed by atoms with Gasteiger partial charge in [-0.05, 0) is 61.7 Å². The number of benzene rings is 2. The van der Waals surface area contributed by atoms with Crippen LogP contribution < -0.4 is 9.62 Å². The average Bonchev–Trinajstić information content (AvgIpc) is 2.76. The molecule has 0 aromatic heterocycles. The van der Waals surface area contributed by atoms with Crippen molar-refractivity contribution in [3.63, 3.8) is 0 Å². The van der Waals surface area contributed by atoms with Gasteiger partial charge in [0.25, 0.3) is 0 Å². The van der Waals surface area contributed by atoms with Crippen LogP contribution in [-0.4, -0.2) is 50.5 Å². The lowest BCUT2D eigenvalue weighted by molar-refractivity contribution is -0.139. The molecule has 0 bridgehead atoms. The molecular weight excluding hydrogens is 542 g/mol. The van der Waals surface area contributed by atoms with E-state index in [0.717, 1.165) is 33.4 Å². The zero-order valence-corrected chi connectivity index (χ0v) is 23.0.